The first-order valence-electron chi connectivity index (χ1n) is 6.29. The lowest BCUT2D eigenvalue weighted by Crippen LogP contribution is -2.49. The maximum absolute atomic E-state index is 6.36. The lowest BCUT2D eigenvalue weighted by Gasteiger charge is -2.36. The Morgan fingerprint density at radius 2 is 2.33 bits per heavy atom. The second-order valence-corrected chi connectivity index (χ2v) is 5.18. The highest BCUT2D eigenvalue weighted by Crippen LogP contribution is 2.41. The summed E-state index contributed by atoms with van der Waals surface area (Å²) in [5, 5.41) is 3.28. The Labute approximate surface area is 112 Å². The van der Waals surface area contributed by atoms with E-state index in [1.54, 1.807) is 0 Å². The van der Waals surface area contributed by atoms with Crippen molar-refractivity contribution in [1.82, 2.24) is 5.32 Å². The molecule has 2 aliphatic heterocycles. The molecule has 4 nitrogen and oxygen atoms in total. The topological polar surface area (TPSA) is 33.7 Å². The van der Waals surface area contributed by atoms with Gasteiger partial charge in [0, 0.05) is 19.6 Å². The zero-order chi connectivity index (χ0) is 12.5. The van der Waals surface area contributed by atoms with Gasteiger partial charge in [0.2, 0.25) is 0 Å². The zero-order valence-corrected chi connectivity index (χ0v) is 11.1. The van der Waals surface area contributed by atoms with Crippen LogP contribution in [0, 0.1) is 0 Å². The summed E-state index contributed by atoms with van der Waals surface area (Å²) in [5.74, 6) is 1.64. The lowest BCUT2D eigenvalue weighted by atomic mass is 10.2. The molecule has 0 spiro atoms. The van der Waals surface area contributed by atoms with Crippen LogP contribution >= 0.6 is 11.6 Å². The van der Waals surface area contributed by atoms with Gasteiger partial charge < -0.3 is 19.7 Å². The Balaban J connectivity index is 1.96. The minimum atomic E-state index is -0.0499. The van der Waals surface area contributed by atoms with E-state index in [0.717, 1.165) is 36.8 Å². The van der Waals surface area contributed by atoms with Gasteiger partial charge in [-0.05, 0) is 19.1 Å². The highest BCUT2D eigenvalue weighted by Gasteiger charge is 2.27. The van der Waals surface area contributed by atoms with Crippen LogP contribution in [0.15, 0.2) is 18.2 Å². The highest BCUT2D eigenvalue weighted by molar-refractivity contribution is 6.22. The Morgan fingerprint density at radius 3 is 3.17 bits per heavy atom. The number of halogens is 1. The third kappa shape index (κ3) is 2.10. The third-order valence-electron chi connectivity index (χ3n) is 3.24. The molecule has 0 aromatic heterocycles. The Kier molecular flexibility index (Phi) is 3.22. The maximum Gasteiger partial charge on any atom is 0.185 e. The van der Waals surface area contributed by atoms with Crippen molar-refractivity contribution in [3.05, 3.63) is 18.2 Å². The van der Waals surface area contributed by atoms with Crippen molar-refractivity contribution in [3.63, 3.8) is 0 Å². The van der Waals surface area contributed by atoms with Gasteiger partial charge >= 0.3 is 0 Å². The van der Waals surface area contributed by atoms with Crippen LogP contribution in [0.2, 0.25) is 0 Å². The molecule has 1 saturated heterocycles. The van der Waals surface area contributed by atoms with Crippen molar-refractivity contribution >= 4 is 17.3 Å². The van der Waals surface area contributed by atoms with Gasteiger partial charge in [0.15, 0.2) is 11.5 Å². The van der Waals surface area contributed by atoms with Crippen LogP contribution in [0.3, 0.4) is 0 Å². The fourth-order valence-electron chi connectivity index (χ4n) is 2.35. The fourth-order valence-corrected chi connectivity index (χ4v) is 2.66. The van der Waals surface area contributed by atoms with E-state index in [1.165, 1.54) is 0 Å². The van der Waals surface area contributed by atoms with Gasteiger partial charge in [-0.25, -0.2) is 0 Å². The quantitative estimate of drug-likeness (QED) is 0.622. The third-order valence-corrected chi connectivity index (χ3v) is 3.63. The van der Waals surface area contributed by atoms with Crippen LogP contribution in [0.4, 0.5) is 5.69 Å². The van der Waals surface area contributed by atoms with E-state index in [-0.39, 0.29) is 11.6 Å². The Hall–Kier alpha value is -1.13. The molecule has 2 aliphatic rings. The summed E-state index contributed by atoms with van der Waals surface area (Å²) in [6.45, 7) is 5.20. The van der Waals surface area contributed by atoms with Gasteiger partial charge in [0.25, 0.3) is 0 Å². The number of alkyl halides is 1. The molecule has 0 radical (unpaired) electrons. The van der Waals surface area contributed by atoms with Crippen molar-refractivity contribution in [2.45, 2.75) is 18.5 Å². The summed E-state index contributed by atoms with van der Waals surface area (Å²) in [5.41, 5.74) is 0.978. The van der Waals surface area contributed by atoms with Gasteiger partial charge in [0.1, 0.15) is 18.2 Å². The van der Waals surface area contributed by atoms with E-state index in [2.05, 4.69) is 10.2 Å². The van der Waals surface area contributed by atoms with Crippen molar-refractivity contribution in [1.29, 1.82) is 0 Å². The molecule has 1 aromatic carbocycles. The van der Waals surface area contributed by atoms with E-state index in [4.69, 9.17) is 21.1 Å². The van der Waals surface area contributed by atoms with Gasteiger partial charge in [-0.1, -0.05) is 17.7 Å². The summed E-state index contributed by atoms with van der Waals surface area (Å²) < 4.78 is 11.6. The number of hydrogen-bond acceptors (Lipinski definition) is 4. The van der Waals surface area contributed by atoms with Gasteiger partial charge in [-0.15, -0.1) is 0 Å². The van der Waals surface area contributed by atoms with Crippen LogP contribution in [0.1, 0.15) is 6.92 Å². The first-order chi connectivity index (χ1) is 8.75. The average molecular weight is 269 g/mol. The van der Waals surface area contributed by atoms with Gasteiger partial charge in [0.05, 0.1) is 5.69 Å². The molecule has 2 unspecified atom stereocenters. The summed E-state index contributed by atoms with van der Waals surface area (Å²) in [6, 6.07) is 5.97. The second kappa shape index (κ2) is 4.86. The fraction of sp³-hybridized carbons (Fsp3) is 0.538. The predicted octanol–water partition coefficient (Wildman–Crippen LogP) is 1.82. The molecule has 2 heterocycles. The predicted molar refractivity (Wildman–Crippen MR) is 71.9 cm³/mol. The van der Waals surface area contributed by atoms with Crippen LogP contribution in [-0.4, -0.2) is 37.8 Å². The molecule has 0 saturated carbocycles. The number of piperazine rings is 1. The summed E-state index contributed by atoms with van der Waals surface area (Å²) in [7, 11) is 0. The van der Waals surface area contributed by atoms with E-state index in [0.29, 0.717) is 6.61 Å². The van der Waals surface area contributed by atoms with E-state index < -0.39 is 0 Å². The van der Waals surface area contributed by atoms with Gasteiger partial charge in [-0.2, -0.15) is 0 Å². The SMILES string of the molecule is CC1COc2cccc(N3CCNCC3Cl)c2O1. The first-order valence-corrected chi connectivity index (χ1v) is 6.73. The van der Waals surface area contributed by atoms with Gasteiger partial charge in [-0.3, -0.25) is 0 Å². The molecule has 18 heavy (non-hydrogen) atoms. The van der Waals surface area contributed by atoms with E-state index in [9.17, 15) is 0 Å². The van der Waals surface area contributed by atoms with Crippen LogP contribution in [0.25, 0.3) is 0 Å². The number of fused-ring (bicyclic) bond motifs is 1. The summed E-state index contributed by atoms with van der Waals surface area (Å²) >= 11 is 6.36. The molecule has 0 bridgehead atoms. The molecule has 0 amide bonds. The molecule has 1 fully saturated rings. The summed E-state index contributed by atoms with van der Waals surface area (Å²) in [6.07, 6.45) is 0.0790. The minimum Gasteiger partial charge on any atom is -0.486 e. The largest absolute Gasteiger partial charge is 0.486 e. The number of ether oxygens (including phenoxy) is 2. The Bertz CT molecular complexity index is 441. The molecule has 2 atom stereocenters. The average Bonchev–Trinajstić information content (AvgIpc) is 2.39. The lowest BCUT2D eigenvalue weighted by molar-refractivity contribution is 0.104. The molecule has 3 rings (SSSR count). The van der Waals surface area contributed by atoms with Crippen LogP contribution in [0.5, 0.6) is 11.5 Å². The van der Waals surface area contributed by atoms with E-state index in [1.807, 2.05) is 25.1 Å². The number of anilines is 1. The summed E-state index contributed by atoms with van der Waals surface area (Å²) in [4.78, 5) is 2.16. The molecule has 1 N–H and O–H groups in total. The maximum atomic E-state index is 6.36. The monoisotopic (exact) mass is 268 g/mol. The number of hydrogen-bond donors (Lipinski definition) is 1. The van der Waals surface area contributed by atoms with Crippen molar-refractivity contribution in [2.75, 3.05) is 31.1 Å². The van der Waals surface area contributed by atoms with E-state index >= 15 is 0 Å². The van der Waals surface area contributed by atoms with Crippen molar-refractivity contribution in [3.8, 4) is 11.5 Å². The second-order valence-electron chi connectivity index (χ2n) is 4.68. The van der Waals surface area contributed by atoms with Crippen LogP contribution in [-0.2, 0) is 0 Å². The van der Waals surface area contributed by atoms with Crippen molar-refractivity contribution in [2.24, 2.45) is 0 Å². The first kappa shape index (κ1) is 11.9. The molecular weight excluding hydrogens is 252 g/mol. The highest BCUT2D eigenvalue weighted by atomic mass is 35.5. The smallest absolute Gasteiger partial charge is 0.185 e. The standard InChI is InChI=1S/C13H17ClN2O2/c1-9-8-17-11-4-2-3-10(13(11)18-9)16-6-5-15-7-12(16)14/h2-4,9,12,15H,5-8H2,1H3. The number of para-hydroxylation sites is 1. The number of nitrogens with zero attached hydrogens (tertiary/aromatic N) is 1. The molecular formula is C13H17ClN2O2. The van der Waals surface area contributed by atoms with Crippen LogP contribution < -0.4 is 19.7 Å². The normalized spacial score (nSPS) is 27.1. The Morgan fingerprint density at radius 1 is 1.44 bits per heavy atom. The number of rotatable bonds is 1. The minimum absolute atomic E-state index is 0.0499. The zero-order valence-electron chi connectivity index (χ0n) is 10.4. The molecule has 98 valence electrons. The number of benzene rings is 1. The van der Waals surface area contributed by atoms with Crippen molar-refractivity contribution < 1.29 is 9.47 Å². The molecule has 1 aromatic rings. The number of nitrogens with one attached hydrogen (secondary N) is 1. The molecule has 5 heteroatoms. The molecule has 0 aliphatic carbocycles.